The van der Waals surface area contributed by atoms with E-state index in [0.29, 0.717) is 0 Å². The predicted molar refractivity (Wildman–Crippen MR) is 100 cm³/mol. The number of hydrogen-bond donors (Lipinski definition) is 6. The predicted octanol–water partition coefficient (Wildman–Crippen LogP) is -1.14. The molecule has 1 saturated heterocycles. The average Bonchev–Trinajstić information content (AvgIpc) is 3.20. The third kappa shape index (κ3) is 3.54. The van der Waals surface area contributed by atoms with E-state index >= 15 is 0 Å². The second-order valence-electron chi connectivity index (χ2n) is 6.53. The molecular formula is C17H20N6O6. The van der Waals surface area contributed by atoms with Gasteiger partial charge in [0.1, 0.15) is 18.3 Å². The molecular weight excluding hydrogens is 384 g/mol. The Morgan fingerprint density at radius 3 is 2.69 bits per heavy atom. The molecule has 7 N–H and O–H groups in total. The molecule has 1 aromatic carbocycles. The Balaban J connectivity index is 1.70. The lowest BCUT2D eigenvalue weighted by Crippen LogP contribution is -2.33. The van der Waals surface area contributed by atoms with E-state index in [1.807, 2.05) is 30.3 Å². The number of ether oxygens (including phenoxy) is 1. The first-order chi connectivity index (χ1) is 14.0. The zero-order valence-corrected chi connectivity index (χ0v) is 15.1. The molecule has 0 saturated carbocycles. The van der Waals surface area contributed by atoms with E-state index in [-0.39, 0.29) is 29.7 Å². The fraction of sp³-hybridized carbons (Fsp3) is 0.353. The van der Waals surface area contributed by atoms with Crippen molar-refractivity contribution in [3.8, 4) is 0 Å². The quantitative estimate of drug-likeness (QED) is 0.275. The Hall–Kier alpha value is -3.03. The number of nitrogen functional groups attached to an aromatic ring is 1. The van der Waals surface area contributed by atoms with Gasteiger partial charge in [-0.15, -0.1) is 0 Å². The molecule has 0 spiro atoms. The second-order valence-corrected chi connectivity index (χ2v) is 6.53. The second kappa shape index (κ2) is 7.77. The number of fused-ring (bicyclic) bond motifs is 1. The molecule has 1 fully saturated rings. The molecule has 0 aliphatic carbocycles. The summed E-state index contributed by atoms with van der Waals surface area (Å²) in [4.78, 5) is 28.3. The SMILES string of the molecule is Nc1nc2c(nc(NOCc3ccccc3)n2[C@@H]2O[C@H](CO)[C@H](O)[C@H]2O)c(=O)[nH]1. The van der Waals surface area contributed by atoms with E-state index in [4.69, 9.17) is 15.3 Å². The van der Waals surface area contributed by atoms with Crippen molar-refractivity contribution in [3.63, 3.8) is 0 Å². The lowest BCUT2D eigenvalue weighted by molar-refractivity contribution is -0.0508. The number of aromatic nitrogens is 4. The zero-order chi connectivity index (χ0) is 20.5. The zero-order valence-electron chi connectivity index (χ0n) is 15.1. The summed E-state index contributed by atoms with van der Waals surface area (Å²) in [5, 5.41) is 29.9. The van der Waals surface area contributed by atoms with Gasteiger partial charge < -0.3 is 25.8 Å². The minimum Gasteiger partial charge on any atom is -0.394 e. The molecule has 4 rings (SSSR count). The molecule has 2 aromatic heterocycles. The summed E-state index contributed by atoms with van der Waals surface area (Å²) in [6.45, 7) is -0.323. The van der Waals surface area contributed by atoms with E-state index in [2.05, 4.69) is 20.4 Å². The Morgan fingerprint density at radius 2 is 2.00 bits per heavy atom. The van der Waals surface area contributed by atoms with Crippen LogP contribution >= 0.6 is 0 Å². The summed E-state index contributed by atoms with van der Waals surface area (Å²) in [5.41, 5.74) is 8.51. The van der Waals surface area contributed by atoms with E-state index in [9.17, 15) is 20.1 Å². The van der Waals surface area contributed by atoms with Crippen LogP contribution in [0.25, 0.3) is 11.2 Å². The molecule has 3 aromatic rings. The Labute approximate surface area is 163 Å². The van der Waals surface area contributed by atoms with Gasteiger partial charge in [-0.2, -0.15) is 4.98 Å². The normalized spacial score (nSPS) is 24.2. The molecule has 1 aliphatic rings. The highest BCUT2D eigenvalue weighted by Crippen LogP contribution is 2.33. The Morgan fingerprint density at radius 1 is 1.24 bits per heavy atom. The Kier molecular flexibility index (Phi) is 5.17. The largest absolute Gasteiger partial charge is 0.394 e. The number of H-pyrrole nitrogens is 1. The minimum absolute atomic E-state index is 0.00868. The summed E-state index contributed by atoms with van der Waals surface area (Å²) >= 11 is 0. The first-order valence-electron chi connectivity index (χ1n) is 8.81. The Bertz CT molecular complexity index is 1050. The number of imidazole rings is 1. The number of nitrogens with zero attached hydrogens (tertiary/aromatic N) is 3. The van der Waals surface area contributed by atoms with Gasteiger partial charge in [0.05, 0.1) is 13.2 Å². The van der Waals surface area contributed by atoms with Gasteiger partial charge >= 0.3 is 0 Å². The first-order valence-corrected chi connectivity index (χ1v) is 8.81. The van der Waals surface area contributed by atoms with Crippen molar-refractivity contribution in [2.45, 2.75) is 31.1 Å². The van der Waals surface area contributed by atoms with Crippen LogP contribution in [0, 0.1) is 0 Å². The summed E-state index contributed by atoms with van der Waals surface area (Å²) in [6.07, 6.45) is -4.98. The molecule has 0 amide bonds. The van der Waals surface area contributed by atoms with Crippen LogP contribution < -0.4 is 16.8 Å². The molecule has 154 valence electrons. The van der Waals surface area contributed by atoms with Crippen LogP contribution in [0.4, 0.5) is 11.9 Å². The molecule has 4 atom stereocenters. The van der Waals surface area contributed by atoms with Gasteiger partial charge in [-0.05, 0) is 5.56 Å². The molecule has 0 radical (unpaired) electrons. The van der Waals surface area contributed by atoms with Gasteiger partial charge in [0.15, 0.2) is 17.4 Å². The lowest BCUT2D eigenvalue weighted by Gasteiger charge is -2.19. The van der Waals surface area contributed by atoms with Gasteiger partial charge in [-0.3, -0.25) is 19.2 Å². The number of aromatic amines is 1. The fourth-order valence-corrected chi connectivity index (χ4v) is 3.17. The molecule has 0 unspecified atom stereocenters. The highest BCUT2D eigenvalue weighted by molar-refractivity contribution is 5.74. The number of aliphatic hydroxyl groups is 3. The number of nitrogens with one attached hydrogen (secondary N) is 2. The number of hydrogen-bond acceptors (Lipinski definition) is 10. The third-order valence-corrected chi connectivity index (χ3v) is 4.59. The molecule has 0 bridgehead atoms. The van der Waals surface area contributed by atoms with Crippen molar-refractivity contribution >= 4 is 23.1 Å². The van der Waals surface area contributed by atoms with E-state index in [0.717, 1.165) is 5.56 Å². The maximum absolute atomic E-state index is 12.2. The molecule has 12 heteroatoms. The van der Waals surface area contributed by atoms with Crippen LogP contribution in [0.2, 0.25) is 0 Å². The van der Waals surface area contributed by atoms with Crippen LogP contribution in [-0.2, 0) is 16.2 Å². The fourth-order valence-electron chi connectivity index (χ4n) is 3.17. The van der Waals surface area contributed by atoms with Crippen LogP contribution in [0.1, 0.15) is 11.8 Å². The molecule has 1 aliphatic heterocycles. The highest BCUT2D eigenvalue weighted by atomic mass is 16.6. The number of nitrogens with two attached hydrogens (primary N) is 1. The smallest absolute Gasteiger partial charge is 0.280 e. The van der Waals surface area contributed by atoms with Gasteiger partial charge in [0, 0.05) is 0 Å². The van der Waals surface area contributed by atoms with Crippen molar-refractivity contribution in [2.24, 2.45) is 0 Å². The number of anilines is 2. The summed E-state index contributed by atoms with van der Waals surface area (Å²) < 4.78 is 6.82. The van der Waals surface area contributed by atoms with Gasteiger partial charge in [0.2, 0.25) is 11.9 Å². The number of aliphatic hydroxyl groups excluding tert-OH is 3. The first kappa shape index (κ1) is 19.3. The van der Waals surface area contributed by atoms with Crippen molar-refractivity contribution in [1.82, 2.24) is 19.5 Å². The standard InChI is InChI=1S/C17H20N6O6/c18-16-20-13-10(14(27)21-16)19-17(22-28-7-8-4-2-1-3-5-8)23(13)15-12(26)11(25)9(6-24)29-15/h1-5,9,11-12,15,24-26H,6-7H2,(H,19,22)(H3,18,20,21,27)/t9-,11+,12-,15-/m1/s1. The van der Waals surface area contributed by atoms with Crippen LogP contribution in [0.5, 0.6) is 0 Å². The summed E-state index contributed by atoms with van der Waals surface area (Å²) in [6, 6.07) is 9.33. The van der Waals surface area contributed by atoms with Gasteiger partial charge in [-0.1, -0.05) is 30.3 Å². The topological polar surface area (TPSA) is 181 Å². The van der Waals surface area contributed by atoms with Crippen molar-refractivity contribution < 1.29 is 24.9 Å². The lowest BCUT2D eigenvalue weighted by atomic mass is 10.1. The molecule has 3 heterocycles. The van der Waals surface area contributed by atoms with Crippen molar-refractivity contribution in [2.75, 3.05) is 17.8 Å². The average molecular weight is 404 g/mol. The van der Waals surface area contributed by atoms with Crippen LogP contribution in [0.15, 0.2) is 35.1 Å². The number of rotatable bonds is 6. The highest BCUT2D eigenvalue weighted by Gasteiger charge is 2.45. The van der Waals surface area contributed by atoms with Crippen LogP contribution in [0.3, 0.4) is 0 Å². The van der Waals surface area contributed by atoms with Gasteiger partial charge in [0.25, 0.3) is 5.56 Å². The van der Waals surface area contributed by atoms with Crippen LogP contribution in [-0.4, -0.2) is 59.8 Å². The van der Waals surface area contributed by atoms with E-state index in [1.165, 1.54) is 4.57 Å². The van der Waals surface area contributed by atoms with E-state index < -0.39 is 36.7 Å². The summed E-state index contributed by atoms with van der Waals surface area (Å²) in [5.74, 6) is -0.151. The number of benzene rings is 1. The maximum Gasteiger partial charge on any atom is 0.280 e. The van der Waals surface area contributed by atoms with Crippen molar-refractivity contribution in [1.29, 1.82) is 0 Å². The van der Waals surface area contributed by atoms with Crippen molar-refractivity contribution in [3.05, 3.63) is 46.2 Å². The molecule has 29 heavy (non-hydrogen) atoms. The summed E-state index contributed by atoms with van der Waals surface area (Å²) in [7, 11) is 0. The minimum atomic E-state index is -1.42. The maximum atomic E-state index is 12.2. The molecule has 12 nitrogen and oxygen atoms in total. The monoisotopic (exact) mass is 404 g/mol. The van der Waals surface area contributed by atoms with Gasteiger partial charge in [-0.25, -0.2) is 10.5 Å². The third-order valence-electron chi connectivity index (χ3n) is 4.59. The van der Waals surface area contributed by atoms with E-state index in [1.54, 1.807) is 0 Å².